The Bertz CT molecular complexity index is 300. The van der Waals surface area contributed by atoms with Gasteiger partial charge in [-0.1, -0.05) is 6.07 Å². The van der Waals surface area contributed by atoms with E-state index >= 15 is 0 Å². The summed E-state index contributed by atoms with van der Waals surface area (Å²) in [5.41, 5.74) is 12.0. The Labute approximate surface area is 76.8 Å². The maximum atomic E-state index is 9.27. The summed E-state index contributed by atoms with van der Waals surface area (Å²) in [5, 5.41) is 18.5. The summed E-state index contributed by atoms with van der Waals surface area (Å²) in [4.78, 5) is 0. The Balaban J connectivity index is 2.97. The Morgan fingerprint density at radius 2 is 2.00 bits per heavy atom. The van der Waals surface area contributed by atoms with Crippen LogP contribution in [0.15, 0.2) is 18.2 Å². The smallest absolute Gasteiger partial charge is 0.138 e. The van der Waals surface area contributed by atoms with Gasteiger partial charge in [-0.05, 0) is 24.6 Å². The second kappa shape index (κ2) is 3.64. The molecule has 0 unspecified atom stereocenters. The van der Waals surface area contributed by atoms with E-state index in [-0.39, 0.29) is 5.75 Å². The second-order valence-corrected chi connectivity index (χ2v) is 3.08. The second-order valence-electron chi connectivity index (χ2n) is 3.08. The molecule has 0 bridgehead atoms. The molecule has 72 valence electrons. The molecule has 0 saturated carbocycles. The maximum absolute atomic E-state index is 9.27. The molecular weight excluding hydrogens is 168 g/mol. The van der Waals surface area contributed by atoms with E-state index in [1.54, 1.807) is 19.1 Å². The minimum absolute atomic E-state index is 0.00593. The third-order valence-electron chi connectivity index (χ3n) is 1.96. The van der Waals surface area contributed by atoms with Gasteiger partial charge in [0.1, 0.15) is 5.75 Å². The molecule has 6 N–H and O–H groups in total. The number of hydrogen-bond donors (Lipinski definition) is 4. The van der Waals surface area contributed by atoms with Crippen molar-refractivity contribution >= 4 is 5.69 Å². The van der Waals surface area contributed by atoms with E-state index < -0.39 is 12.1 Å². The molecule has 0 spiro atoms. The highest BCUT2D eigenvalue weighted by Crippen LogP contribution is 2.24. The van der Waals surface area contributed by atoms with Crippen molar-refractivity contribution < 1.29 is 10.2 Å². The fraction of sp³-hybridized carbons (Fsp3) is 0.333. The predicted octanol–water partition coefficient (Wildman–Crippen LogP) is 0.355. The Hall–Kier alpha value is -1.26. The number of phenols is 1. The fourth-order valence-electron chi connectivity index (χ4n) is 1.05. The lowest BCUT2D eigenvalue weighted by atomic mass is 10.0. The molecule has 4 nitrogen and oxygen atoms in total. The van der Waals surface area contributed by atoms with E-state index in [1.807, 2.05) is 0 Å². The van der Waals surface area contributed by atoms with Gasteiger partial charge in [0.2, 0.25) is 0 Å². The van der Waals surface area contributed by atoms with E-state index in [9.17, 15) is 10.2 Å². The first kappa shape index (κ1) is 9.83. The number of aliphatic hydroxyl groups is 1. The molecule has 0 heterocycles. The molecule has 13 heavy (non-hydrogen) atoms. The number of nitrogen functional groups attached to an aromatic ring is 1. The molecule has 0 aliphatic heterocycles. The summed E-state index contributed by atoms with van der Waals surface area (Å²) >= 11 is 0. The van der Waals surface area contributed by atoms with Gasteiger partial charge in [0.15, 0.2) is 0 Å². The van der Waals surface area contributed by atoms with Gasteiger partial charge < -0.3 is 21.7 Å². The molecule has 0 radical (unpaired) electrons. The first-order valence-corrected chi connectivity index (χ1v) is 4.04. The minimum Gasteiger partial charge on any atom is -0.506 e. The van der Waals surface area contributed by atoms with Gasteiger partial charge in [-0.25, -0.2) is 0 Å². The van der Waals surface area contributed by atoms with E-state index in [0.717, 1.165) is 0 Å². The van der Waals surface area contributed by atoms with Crippen molar-refractivity contribution in [1.82, 2.24) is 0 Å². The quantitative estimate of drug-likeness (QED) is 0.392. The summed E-state index contributed by atoms with van der Waals surface area (Å²) in [6, 6.07) is 4.22. The van der Waals surface area contributed by atoms with Gasteiger partial charge in [0.25, 0.3) is 0 Å². The normalized spacial score (nSPS) is 15.3. The summed E-state index contributed by atoms with van der Waals surface area (Å²) in [6.07, 6.45) is -0.650. The van der Waals surface area contributed by atoms with Crippen molar-refractivity contribution in [2.45, 2.75) is 19.1 Å². The monoisotopic (exact) mass is 182 g/mol. The topological polar surface area (TPSA) is 92.5 Å². The molecule has 1 aromatic rings. The van der Waals surface area contributed by atoms with E-state index in [1.165, 1.54) is 6.07 Å². The van der Waals surface area contributed by atoms with Crippen molar-refractivity contribution in [1.29, 1.82) is 0 Å². The molecule has 1 rings (SSSR count). The van der Waals surface area contributed by atoms with Crippen molar-refractivity contribution in [3.05, 3.63) is 23.8 Å². The molecule has 0 amide bonds. The van der Waals surface area contributed by atoms with E-state index in [0.29, 0.717) is 11.3 Å². The molecular formula is C9H14N2O2. The lowest BCUT2D eigenvalue weighted by molar-refractivity contribution is 0.164. The number of hydrogen-bond acceptors (Lipinski definition) is 4. The molecule has 0 fully saturated rings. The third kappa shape index (κ3) is 2.11. The van der Waals surface area contributed by atoms with Crippen LogP contribution >= 0.6 is 0 Å². The van der Waals surface area contributed by atoms with Crippen molar-refractivity contribution in [3.8, 4) is 5.75 Å². The highest BCUT2D eigenvalue weighted by Gasteiger charge is 2.12. The maximum Gasteiger partial charge on any atom is 0.138 e. The van der Waals surface area contributed by atoms with Gasteiger partial charge in [0.05, 0.1) is 17.8 Å². The largest absolute Gasteiger partial charge is 0.506 e. The zero-order valence-corrected chi connectivity index (χ0v) is 7.44. The average molecular weight is 182 g/mol. The van der Waals surface area contributed by atoms with Gasteiger partial charge in [-0.3, -0.25) is 0 Å². The average Bonchev–Trinajstić information content (AvgIpc) is 2.08. The standard InChI is InChI=1S/C9H14N2O2/c1-5(12)9(11)6-2-3-7(10)8(13)4-6/h2-5,9,12-13H,10-11H2,1H3/t5-,9+/m0/s1. The zero-order chi connectivity index (χ0) is 10.0. The number of anilines is 1. The van der Waals surface area contributed by atoms with E-state index in [2.05, 4.69) is 0 Å². The number of aromatic hydroxyl groups is 1. The molecule has 0 aliphatic carbocycles. The van der Waals surface area contributed by atoms with Gasteiger partial charge in [0, 0.05) is 0 Å². The number of nitrogens with two attached hydrogens (primary N) is 2. The molecule has 4 heteroatoms. The number of rotatable bonds is 2. The number of aliphatic hydroxyl groups excluding tert-OH is 1. The lowest BCUT2D eigenvalue weighted by Crippen LogP contribution is -2.23. The summed E-state index contributed by atoms with van der Waals surface area (Å²) in [7, 11) is 0. The number of phenolic OH excluding ortho intramolecular Hbond substituents is 1. The van der Waals surface area contributed by atoms with Crippen LogP contribution in [0, 0.1) is 0 Å². The first-order valence-electron chi connectivity index (χ1n) is 4.04. The molecule has 2 atom stereocenters. The van der Waals surface area contributed by atoms with E-state index in [4.69, 9.17) is 11.5 Å². The van der Waals surface area contributed by atoms with Crippen LogP contribution in [0.2, 0.25) is 0 Å². The number of benzene rings is 1. The van der Waals surface area contributed by atoms with Crippen LogP contribution in [0.1, 0.15) is 18.5 Å². The lowest BCUT2D eigenvalue weighted by Gasteiger charge is -2.15. The SMILES string of the molecule is C[C@H](O)[C@@H](N)c1ccc(N)c(O)c1. The zero-order valence-electron chi connectivity index (χ0n) is 7.44. The van der Waals surface area contributed by atoms with Crippen LogP contribution in [0.4, 0.5) is 5.69 Å². The van der Waals surface area contributed by atoms with Crippen LogP contribution in [-0.2, 0) is 0 Å². The van der Waals surface area contributed by atoms with Gasteiger partial charge in [-0.15, -0.1) is 0 Å². The van der Waals surface area contributed by atoms with Crippen LogP contribution in [0.25, 0.3) is 0 Å². The van der Waals surface area contributed by atoms with Crippen LogP contribution in [0.5, 0.6) is 5.75 Å². The summed E-state index contributed by atoms with van der Waals surface area (Å²) in [6.45, 7) is 1.60. The molecule has 1 aromatic carbocycles. The third-order valence-corrected chi connectivity index (χ3v) is 1.96. The van der Waals surface area contributed by atoms with Crippen LogP contribution in [0.3, 0.4) is 0 Å². The summed E-state index contributed by atoms with van der Waals surface area (Å²) < 4.78 is 0. The van der Waals surface area contributed by atoms with Gasteiger partial charge in [-0.2, -0.15) is 0 Å². The fourth-order valence-corrected chi connectivity index (χ4v) is 1.05. The van der Waals surface area contributed by atoms with Crippen molar-refractivity contribution in [3.63, 3.8) is 0 Å². The minimum atomic E-state index is -0.650. The van der Waals surface area contributed by atoms with Crippen molar-refractivity contribution in [2.75, 3.05) is 5.73 Å². The van der Waals surface area contributed by atoms with Crippen molar-refractivity contribution in [2.24, 2.45) is 5.73 Å². The Morgan fingerprint density at radius 3 is 2.46 bits per heavy atom. The predicted molar refractivity (Wildman–Crippen MR) is 51.1 cm³/mol. The van der Waals surface area contributed by atoms with Gasteiger partial charge >= 0.3 is 0 Å². The van der Waals surface area contributed by atoms with Crippen LogP contribution in [-0.4, -0.2) is 16.3 Å². The summed E-state index contributed by atoms with van der Waals surface area (Å²) in [5.74, 6) is -0.00593. The molecule has 0 aromatic heterocycles. The Morgan fingerprint density at radius 1 is 1.38 bits per heavy atom. The molecule has 0 aliphatic rings. The highest BCUT2D eigenvalue weighted by molar-refractivity contribution is 5.53. The molecule has 0 saturated heterocycles. The Kier molecular flexibility index (Phi) is 2.75. The highest BCUT2D eigenvalue weighted by atomic mass is 16.3. The first-order chi connectivity index (χ1) is 6.02. The van der Waals surface area contributed by atoms with Crippen LogP contribution < -0.4 is 11.5 Å².